The van der Waals surface area contributed by atoms with Gasteiger partial charge in [-0.2, -0.15) is 0 Å². The molecular formula is C25H27FO4S. The summed E-state index contributed by atoms with van der Waals surface area (Å²) in [5.41, 5.74) is 4.09. The molecule has 0 spiro atoms. The fraction of sp³-hybridized carbons (Fsp3) is 0.360. The Labute approximate surface area is 185 Å². The smallest absolute Gasteiger partial charge is 0.123 e. The molecule has 164 valence electrons. The van der Waals surface area contributed by atoms with Gasteiger partial charge in [-0.05, 0) is 53.4 Å². The summed E-state index contributed by atoms with van der Waals surface area (Å²) in [5.74, 6) is -0.651. The number of hydrogen-bond acceptors (Lipinski definition) is 5. The van der Waals surface area contributed by atoms with Crippen molar-refractivity contribution in [3.05, 3.63) is 82.0 Å². The second-order valence-electron chi connectivity index (χ2n) is 8.25. The minimum absolute atomic E-state index is 0.245. The number of ether oxygens (including phenoxy) is 1. The molecule has 1 fully saturated rings. The summed E-state index contributed by atoms with van der Waals surface area (Å²) < 4.78 is 19.1. The molecule has 4 rings (SSSR count). The Morgan fingerprint density at radius 2 is 1.74 bits per heavy atom. The van der Waals surface area contributed by atoms with Crippen molar-refractivity contribution in [2.75, 3.05) is 6.61 Å². The van der Waals surface area contributed by atoms with E-state index in [1.807, 2.05) is 18.2 Å². The Hall–Kier alpha value is -2.09. The van der Waals surface area contributed by atoms with Crippen molar-refractivity contribution < 1.29 is 24.4 Å². The van der Waals surface area contributed by atoms with E-state index in [0.717, 1.165) is 33.6 Å². The van der Waals surface area contributed by atoms with E-state index in [9.17, 15) is 19.7 Å². The first-order chi connectivity index (χ1) is 14.9. The lowest BCUT2D eigenvalue weighted by Crippen LogP contribution is -2.50. The zero-order chi connectivity index (χ0) is 22.1. The van der Waals surface area contributed by atoms with E-state index in [4.69, 9.17) is 4.74 Å². The molecule has 1 unspecified atom stereocenters. The SMILES string of the molecule is Cc1ccc([C@@H]2OC(CO)[C@@H](O)[C@H](C)[C@H]2O)cc1Cc1ccc(-c2ccc(F)cc2)s1. The molecule has 1 aliphatic rings. The van der Waals surface area contributed by atoms with Crippen molar-refractivity contribution in [2.24, 2.45) is 5.92 Å². The van der Waals surface area contributed by atoms with Gasteiger partial charge in [-0.1, -0.05) is 37.3 Å². The van der Waals surface area contributed by atoms with Gasteiger partial charge < -0.3 is 20.1 Å². The molecule has 1 saturated heterocycles. The van der Waals surface area contributed by atoms with Crippen LogP contribution in [-0.4, -0.2) is 40.2 Å². The summed E-state index contributed by atoms with van der Waals surface area (Å²) in [7, 11) is 0. The largest absolute Gasteiger partial charge is 0.394 e. The highest BCUT2D eigenvalue weighted by Gasteiger charge is 2.42. The number of aliphatic hydroxyl groups is 3. The predicted molar refractivity (Wildman–Crippen MR) is 120 cm³/mol. The van der Waals surface area contributed by atoms with E-state index in [2.05, 4.69) is 19.1 Å². The highest BCUT2D eigenvalue weighted by Crippen LogP contribution is 2.37. The van der Waals surface area contributed by atoms with Crippen molar-refractivity contribution in [3.63, 3.8) is 0 Å². The summed E-state index contributed by atoms with van der Waals surface area (Å²) in [6.07, 6.45) is -2.36. The van der Waals surface area contributed by atoms with Gasteiger partial charge in [0.05, 0.1) is 18.8 Å². The van der Waals surface area contributed by atoms with Gasteiger partial charge in [0.1, 0.15) is 18.0 Å². The van der Waals surface area contributed by atoms with E-state index in [-0.39, 0.29) is 12.4 Å². The number of rotatable bonds is 5. The summed E-state index contributed by atoms with van der Waals surface area (Å²) in [6.45, 7) is 3.52. The second-order valence-corrected chi connectivity index (χ2v) is 9.42. The maximum Gasteiger partial charge on any atom is 0.123 e. The number of aryl methyl sites for hydroxylation is 1. The molecule has 0 saturated carbocycles. The quantitative estimate of drug-likeness (QED) is 0.553. The Kier molecular flexibility index (Phi) is 6.55. The van der Waals surface area contributed by atoms with Crippen LogP contribution >= 0.6 is 11.3 Å². The summed E-state index contributed by atoms with van der Waals surface area (Å²) in [6, 6.07) is 16.6. The zero-order valence-electron chi connectivity index (χ0n) is 17.5. The molecule has 0 bridgehead atoms. The van der Waals surface area contributed by atoms with Gasteiger partial charge in [-0.3, -0.25) is 0 Å². The van der Waals surface area contributed by atoms with Crippen molar-refractivity contribution in [2.45, 2.75) is 44.7 Å². The molecule has 3 aromatic rings. The normalized spacial score (nSPS) is 26.2. The molecule has 6 heteroatoms. The van der Waals surface area contributed by atoms with E-state index in [1.54, 1.807) is 30.4 Å². The Morgan fingerprint density at radius 3 is 2.45 bits per heavy atom. The lowest BCUT2D eigenvalue weighted by atomic mass is 9.84. The fourth-order valence-electron chi connectivity index (χ4n) is 4.08. The average molecular weight is 443 g/mol. The maximum absolute atomic E-state index is 13.2. The molecule has 1 aromatic heterocycles. The Morgan fingerprint density at radius 1 is 1.00 bits per heavy atom. The van der Waals surface area contributed by atoms with E-state index in [1.165, 1.54) is 17.0 Å². The molecule has 2 heterocycles. The zero-order valence-corrected chi connectivity index (χ0v) is 18.3. The lowest BCUT2D eigenvalue weighted by Gasteiger charge is -2.41. The minimum atomic E-state index is -0.905. The van der Waals surface area contributed by atoms with Gasteiger partial charge in [-0.15, -0.1) is 11.3 Å². The number of hydrogen-bond donors (Lipinski definition) is 3. The number of benzene rings is 2. The van der Waals surface area contributed by atoms with Crippen LogP contribution in [0, 0.1) is 18.7 Å². The molecule has 1 aliphatic heterocycles. The van der Waals surface area contributed by atoms with Gasteiger partial charge in [0.15, 0.2) is 0 Å². The Balaban J connectivity index is 1.57. The molecule has 2 aromatic carbocycles. The number of aliphatic hydroxyl groups excluding tert-OH is 3. The first-order valence-electron chi connectivity index (χ1n) is 10.4. The van der Waals surface area contributed by atoms with Crippen LogP contribution < -0.4 is 0 Å². The van der Waals surface area contributed by atoms with Crippen molar-refractivity contribution in [1.29, 1.82) is 0 Å². The third kappa shape index (κ3) is 4.59. The predicted octanol–water partition coefficient (Wildman–Crippen LogP) is 4.24. The third-order valence-electron chi connectivity index (χ3n) is 6.13. The molecule has 4 nitrogen and oxygen atoms in total. The van der Waals surface area contributed by atoms with Gasteiger partial charge in [0, 0.05) is 22.1 Å². The second kappa shape index (κ2) is 9.18. The van der Waals surface area contributed by atoms with Crippen molar-refractivity contribution in [3.8, 4) is 10.4 Å². The molecule has 3 N–H and O–H groups in total. The topological polar surface area (TPSA) is 69.9 Å². The van der Waals surface area contributed by atoms with E-state index in [0.29, 0.717) is 0 Å². The number of thiophene rings is 1. The van der Waals surface area contributed by atoms with Crippen molar-refractivity contribution in [1.82, 2.24) is 0 Å². The van der Waals surface area contributed by atoms with E-state index < -0.39 is 30.3 Å². The van der Waals surface area contributed by atoms with E-state index >= 15 is 0 Å². The third-order valence-corrected chi connectivity index (χ3v) is 7.26. The number of halogens is 1. The standard InChI is InChI=1S/C25H27FO4S/c1-14-3-4-17(25-24(29)15(2)23(28)21(13-27)30-25)11-18(14)12-20-9-10-22(31-20)16-5-7-19(26)8-6-16/h3-11,15,21,23-25,27-29H,12-13H2,1-2H3/t15-,21?,23-,24+,25-/m0/s1. The van der Waals surface area contributed by atoms with Crippen LogP contribution in [0.25, 0.3) is 10.4 Å². The van der Waals surface area contributed by atoms with Crippen LogP contribution in [-0.2, 0) is 11.2 Å². The van der Waals surface area contributed by atoms with Crippen LogP contribution in [0.15, 0.2) is 54.6 Å². The summed E-state index contributed by atoms with van der Waals surface area (Å²) in [4.78, 5) is 2.27. The summed E-state index contributed by atoms with van der Waals surface area (Å²) in [5, 5.41) is 30.4. The van der Waals surface area contributed by atoms with Crippen LogP contribution in [0.3, 0.4) is 0 Å². The first-order valence-corrected chi connectivity index (χ1v) is 11.3. The molecule has 0 amide bonds. The lowest BCUT2D eigenvalue weighted by molar-refractivity contribution is -0.207. The Bertz CT molecular complexity index is 1030. The van der Waals surface area contributed by atoms with Gasteiger partial charge in [0.25, 0.3) is 0 Å². The minimum Gasteiger partial charge on any atom is -0.394 e. The fourth-order valence-corrected chi connectivity index (χ4v) is 5.12. The monoisotopic (exact) mass is 442 g/mol. The highest BCUT2D eigenvalue weighted by molar-refractivity contribution is 7.15. The first kappa shape index (κ1) is 22.1. The average Bonchev–Trinajstić information content (AvgIpc) is 3.23. The maximum atomic E-state index is 13.2. The molecule has 5 atom stereocenters. The van der Waals surface area contributed by atoms with Gasteiger partial charge in [0.2, 0.25) is 0 Å². The van der Waals surface area contributed by atoms with Crippen LogP contribution in [0.4, 0.5) is 4.39 Å². The van der Waals surface area contributed by atoms with Crippen molar-refractivity contribution >= 4 is 11.3 Å². The molecule has 0 aliphatic carbocycles. The highest BCUT2D eigenvalue weighted by atomic mass is 32.1. The molecular weight excluding hydrogens is 415 g/mol. The molecule has 0 radical (unpaired) electrons. The van der Waals surface area contributed by atoms with Crippen LogP contribution in [0.5, 0.6) is 0 Å². The van der Waals surface area contributed by atoms with Crippen LogP contribution in [0.1, 0.15) is 34.6 Å². The molecule has 31 heavy (non-hydrogen) atoms. The van der Waals surface area contributed by atoms with Gasteiger partial charge >= 0.3 is 0 Å². The van der Waals surface area contributed by atoms with Crippen LogP contribution in [0.2, 0.25) is 0 Å². The summed E-state index contributed by atoms with van der Waals surface area (Å²) >= 11 is 1.67. The van der Waals surface area contributed by atoms with Gasteiger partial charge in [-0.25, -0.2) is 4.39 Å².